The third-order valence-corrected chi connectivity index (χ3v) is 5.00. The van der Waals surface area contributed by atoms with E-state index in [1.54, 1.807) is 11.3 Å². The fourth-order valence-corrected chi connectivity index (χ4v) is 3.63. The van der Waals surface area contributed by atoms with Gasteiger partial charge in [0.25, 0.3) is 0 Å². The van der Waals surface area contributed by atoms with Crippen molar-refractivity contribution in [3.05, 3.63) is 11.6 Å². The van der Waals surface area contributed by atoms with Crippen molar-refractivity contribution in [2.75, 3.05) is 38.1 Å². The van der Waals surface area contributed by atoms with Gasteiger partial charge in [0.1, 0.15) is 5.54 Å². The normalized spacial score (nSPS) is 24.3. The van der Waals surface area contributed by atoms with Crippen LogP contribution >= 0.6 is 11.3 Å². The second kappa shape index (κ2) is 4.51. The standard InChI is InChI=1S/C12H18N4OS/c1-15-8-4-13-10(17)12(15)2-6-16(7-3-12)11-14-5-9-18-11/h5,9H,2-4,6-8H2,1H3,(H,13,17). The zero-order valence-electron chi connectivity index (χ0n) is 10.6. The second-order valence-electron chi connectivity index (χ2n) is 5.01. The molecule has 6 heteroatoms. The SMILES string of the molecule is CN1CCNC(=O)C12CCN(c1nccs1)CC2. The number of piperazine rings is 1. The molecule has 0 unspecified atom stereocenters. The molecule has 0 aliphatic carbocycles. The molecular formula is C12H18N4OS. The van der Waals surface area contributed by atoms with Gasteiger partial charge < -0.3 is 10.2 Å². The van der Waals surface area contributed by atoms with E-state index in [9.17, 15) is 4.79 Å². The predicted octanol–water partition coefficient (Wildman–Crippen LogP) is 0.544. The Kier molecular flexibility index (Phi) is 2.99. The number of anilines is 1. The smallest absolute Gasteiger partial charge is 0.240 e. The van der Waals surface area contributed by atoms with E-state index in [0.717, 1.165) is 44.2 Å². The number of piperidine rings is 1. The van der Waals surface area contributed by atoms with E-state index in [1.165, 1.54) is 0 Å². The van der Waals surface area contributed by atoms with Gasteiger partial charge in [-0.3, -0.25) is 9.69 Å². The molecule has 98 valence electrons. The average molecular weight is 266 g/mol. The monoisotopic (exact) mass is 266 g/mol. The van der Waals surface area contributed by atoms with Crippen molar-refractivity contribution in [1.82, 2.24) is 15.2 Å². The summed E-state index contributed by atoms with van der Waals surface area (Å²) >= 11 is 1.67. The van der Waals surface area contributed by atoms with Crippen molar-refractivity contribution < 1.29 is 4.79 Å². The predicted molar refractivity (Wildman–Crippen MR) is 71.9 cm³/mol. The molecule has 2 fully saturated rings. The van der Waals surface area contributed by atoms with Gasteiger partial charge >= 0.3 is 0 Å². The zero-order valence-corrected chi connectivity index (χ0v) is 11.4. The van der Waals surface area contributed by atoms with Gasteiger partial charge in [0, 0.05) is 37.8 Å². The topological polar surface area (TPSA) is 48.5 Å². The lowest BCUT2D eigenvalue weighted by atomic mass is 9.84. The Morgan fingerprint density at radius 1 is 1.39 bits per heavy atom. The summed E-state index contributed by atoms with van der Waals surface area (Å²) in [6, 6.07) is 0. The highest BCUT2D eigenvalue weighted by molar-refractivity contribution is 7.13. The first-order valence-electron chi connectivity index (χ1n) is 6.36. The molecule has 0 radical (unpaired) electrons. The summed E-state index contributed by atoms with van der Waals surface area (Å²) in [7, 11) is 2.07. The van der Waals surface area contributed by atoms with Crippen LogP contribution in [-0.4, -0.2) is 54.6 Å². The average Bonchev–Trinajstić information content (AvgIpc) is 2.91. The number of hydrogen-bond acceptors (Lipinski definition) is 5. The van der Waals surface area contributed by atoms with Gasteiger partial charge in [-0.05, 0) is 19.9 Å². The van der Waals surface area contributed by atoms with E-state index >= 15 is 0 Å². The Morgan fingerprint density at radius 3 is 2.78 bits per heavy atom. The Labute approximate surface area is 111 Å². The number of carbonyl (C=O) groups excluding carboxylic acids is 1. The van der Waals surface area contributed by atoms with Crippen molar-refractivity contribution in [2.45, 2.75) is 18.4 Å². The van der Waals surface area contributed by atoms with E-state index < -0.39 is 0 Å². The Morgan fingerprint density at radius 2 is 2.17 bits per heavy atom. The maximum Gasteiger partial charge on any atom is 0.240 e. The van der Waals surface area contributed by atoms with E-state index in [4.69, 9.17) is 0 Å². The lowest BCUT2D eigenvalue weighted by molar-refractivity contribution is -0.137. The molecule has 0 bridgehead atoms. The third kappa shape index (κ3) is 1.80. The third-order valence-electron chi connectivity index (χ3n) is 4.17. The van der Waals surface area contributed by atoms with Gasteiger partial charge in [-0.25, -0.2) is 4.98 Å². The van der Waals surface area contributed by atoms with Crippen LogP contribution in [0.4, 0.5) is 5.13 Å². The number of thiazole rings is 1. The van der Waals surface area contributed by atoms with Crippen molar-refractivity contribution >= 4 is 22.4 Å². The summed E-state index contributed by atoms with van der Waals surface area (Å²) in [5.41, 5.74) is -0.286. The summed E-state index contributed by atoms with van der Waals surface area (Å²) in [5, 5.41) is 6.08. The minimum Gasteiger partial charge on any atom is -0.353 e. The molecule has 0 atom stereocenters. The Balaban J connectivity index is 1.73. The van der Waals surface area contributed by atoms with Crippen molar-refractivity contribution in [3.63, 3.8) is 0 Å². The summed E-state index contributed by atoms with van der Waals surface area (Å²) in [5.74, 6) is 0.204. The summed E-state index contributed by atoms with van der Waals surface area (Å²) in [4.78, 5) is 21.0. The molecule has 2 aliphatic heterocycles. The van der Waals surface area contributed by atoms with Crippen LogP contribution in [0.5, 0.6) is 0 Å². The molecule has 3 rings (SSSR count). The molecule has 1 amide bonds. The molecule has 3 heterocycles. The summed E-state index contributed by atoms with van der Waals surface area (Å²) in [6.07, 6.45) is 3.60. The molecular weight excluding hydrogens is 248 g/mol. The van der Waals surface area contributed by atoms with Crippen LogP contribution in [0, 0.1) is 0 Å². The molecule has 1 aromatic rings. The number of likely N-dealkylation sites (N-methyl/N-ethyl adjacent to an activating group) is 1. The molecule has 2 saturated heterocycles. The van der Waals surface area contributed by atoms with Gasteiger partial charge in [-0.15, -0.1) is 11.3 Å². The van der Waals surface area contributed by atoms with E-state index in [-0.39, 0.29) is 11.4 Å². The minimum atomic E-state index is -0.286. The molecule has 18 heavy (non-hydrogen) atoms. The molecule has 1 N–H and O–H groups in total. The number of nitrogens with one attached hydrogen (secondary N) is 1. The Bertz CT molecular complexity index is 425. The van der Waals surface area contributed by atoms with E-state index in [1.807, 2.05) is 11.6 Å². The maximum atomic E-state index is 12.2. The quantitative estimate of drug-likeness (QED) is 0.806. The maximum absolute atomic E-state index is 12.2. The zero-order chi connectivity index (χ0) is 12.6. The van der Waals surface area contributed by atoms with Crippen LogP contribution < -0.4 is 10.2 Å². The van der Waals surface area contributed by atoms with Gasteiger partial charge in [-0.2, -0.15) is 0 Å². The highest BCUT2D eigenvalue weighted by Crippen LogP contribution is 2.32. The van der Waals surface area contributed by atoms with Crippen LogP contribution in [0.2, 0.25) is 0 Å². The van der Waals surface area contributed by atoms with Gasteiger partial charge in [0.05, 0.1) is 0 Å². The lowest BCUT2D eigenvalue weighted by Gasteiger charge is -2.48. The first-order valence-corrected chi connectivity index (χ1v) is 7.24. The van der Waals surface area contributed by atoms with Crippen LogP contribution in [0.3, 0.4) is 0 Å². The van der Waals surface area contributed by atoms with Crippen LogP contribution in [-0.2, 0) is 4.79 Å². The lowest BCUT2D eigenvalue weighted by Crippen LogP contribution is -2.66. The number of nitrogens with zero attached hydrogens (tertiary/aromatic N) is 3. The van der Waals surface area contributed by atoms with Gasteiger partial charge in [-0.1, -0.05) is 0 Å². The first-order chi connectivity index (χ1) is 8.72. The largest absolute Gasteiger partial charge is 0.353 e. The number of amides is 1. The van der Waals surface area contributed by atoms with Crippen LogP contribution in [0.15, 0.2) is 11.6 Å². The van der Waals surface area contributed by atoms with Crippen molar-refractivity contribution in [2.24, 2.45) is 0 Å². The number of rotatable bonds is 1. The van der Waals surface area contributed by atoms with E-state index in [2.05, 4.69) is 27.1 Å². The van der Waals surface area contributed by atoms with Crippen molar-refractivity contribution in [1.29, 1.82) is 0 Å². The second-order valence-corrected chi connectivity index (χ2v) is 5.88. The molecule has 5 nitrogen and oxygen atoms in total. The highest BCUT2D eigenvalue weighted by atomic mass is 32.1. The summed E-state index contributed by atoms with van der Waals surface area (Å²) < 4.78 is 0. The molecule has 1 spiro atoms. The number of carbonyl (C=O) groups is 1. The minimum absolute atomic E-state index is 0.204. The number of hydrogen-bond donors (Lipinski definition) is 1. The van der Waals surface area contributed by atoms with Gasteiger partial charge in [0.2, 0.25) is 5.91 Å². The van der Waals surface area contributed by atoms with E-state index in [0.29, 0.717) is 0 Å². The molecule has 2 aliphatic rings. The Hall–Kier alpha value is -1.14. The number of aromatic nitrogens is 1. The van der Waals surface area contributed by atoms with Gasteiger partial charge in [0.15, 0.2) is 5.13 Å². The first kappa shape index (κ1) is 11.9. The highest BCUT2D eigenvalue weighted by Gasteiger charge is 2.46. The molecule has 0 aromatic carbocycles. The molecule has 0 saturated carbocycles. The van der Waals surface area contributed by atoms with Crippen LogP contribution in [0.25, 0.3) is 0 Å². The summed E-state index contributed by atoms with van der Waals surface area (Å²) in [6.45, 7) is 3.53. The fraction of sp³-hybridized carbons (Fsp3) is 0.667. The fourth-order valence-electron chi connectivity index (χ4n) is 2.94. The molecule has 1 aromatic heterocycles. The van der Waals surface area contributed by atoms with Crippen LogP contribution in [0.1, 0.15) is 12.8 Å². The van der Waals surface area contributed by atoms with Crippen molar-refractivity contribution in [3.8, 4) is 0 Å².